The first-order valence-corrected chi connectivity index (χ1v) is 8.97. The summed E-state index contributed by atoms with van der Waals surface area (Å²) in [6, 6.07) is 21.4. The van der Waals surface area contributed by atoms with Gasteiger partial charge in [-0.3, -0.25) is 9.36 Å². The Hall–Kier alpha value is -3.47. The van der Waals surface area contributed by atoms with Crippen LogP contribution in [0.25, 0.3) is 22.2 Å². The Balaban J connectivity index is 1.91. The predicted molar refractivity (Wildman–Crippen MR) is 109 cm³/mol. The molecular weight excluding hydrogens is 336 g/mol. The average molecular weight is 356 g/mol. The van der Waals surface area contributed by atoms with Gasteiger partial charge in [-0.25, -0.2) is 4.98 Å². The molecule has 0 saturated carbocycles. The Morgan fingerprint density at radius 3 is 2.30 bits per heavy atom. The maximum atomic E-state index is 13.1. The molecule has 4 aromatic rings. The highest BCUT2D eigenvalue weighted by atomic mass is 16.1. The van der Waals surface area contributed by atoms with Crippen LogP contribution in [0.4, 0.5) is 11.6 Å². The van der Waals surface area contributed by atoms with E-state index in [4.69, 9.17) is 0 Å². The lowest BCUT2D eigenvalue weighted by molar-refractivity contribution is 0.750. The maximum absolute atomic E-state index is 13.1. The molecule has 0 aliphatic heterocycles. The van der Waals surface area contributed by atoms with Crippen molar-refractivity contribution in [3.8, 4) is 11.1 Å². The first-order valence-electron chi connectivity index (χ1n) is 8.97. The van der Waals surface area contributed by atoms with Crippen molar-refractivity contribution >= 4 is 22.7 Å². The quantitative estimate of drug-likeness (QED) is 0.584. The summed E-state index contributed by atoms with van der Waals surface area (Å²) < 4.78 is 1.71. The van der Waals surface area contributed by atoms with Gasteiger partial charge in [0, 0.05) is 23.2 Å². The van der Waals surface area contributed by atoms with Gasteiger partial charge in [0.1, 0.15) is 5.65 Å². The van der Waals surface area contributed by atoms with Crippen LogP contribution >= 0.6 is 0 Å². The van der Waals surface area contributed by atoms with E-state index in [1.165, 1.54) is 0 Å². The van der Waals surface area contributed by atoms with Crippen molar-refractivity contribution in [3.63, 3.8) is 0 Å². The van der Waals surface area contributed by atoms with E-state index in [1.807, 2.05) is 80.6 Å². The van der Waals surface area contributed by atoms with Crippen LogP contribution in [0.3, 0.4) is 0 Å². The highest BCUT2D eigenvalue weighted by molar-refractivity contribution is 5.84. The Labute approximate surface area is 157 Å². The first kappa shape index (κ1) is 17.0. The van der Waals surface area contributed by atoms with Gasteiger partial charge in [0.05, 0.1) is 5.69 Å². The number of anilines is 2. The van der Waals surface area contributed by atoms with Crippen molar-refractivity contribution in [1.82, 2.24) is 14.5 Å². The summed E-state index contributed by atoms with van der Waals surface area (Å²) in [4.78, 5) is 22.3. The molecule has 2 heterocycles. The van der Waals surface area contributed by atoms with Crippen LogP contribution in [0.1, 0.15) is 12.6 Å². The number of fused-ring (bicyclic) bond motifs is 1. The van der Waals surface area contributed by atoms with Crippen molar-refractivity contribution in [2.45, 2.75) is 20.4 Å². The Morgan fingerprint density at radius 1 is 0.963 bits per heavy atom. The van der Waals surface area contributed by atoms with Gasteiger partial charge in [-0.2, -0.15) is 4.98 Å². The van der Waals surface area contributed by atoms with Gasteiger partial charge >= 0.3 is 0 Å². The summed E-state index contributed by atoms with van der Waals surface area (Å²) in [5, 5.41) is 4.10. The molecule has 0 saturated heterocycles. The number of rotatable bonds is 4. The molecule has 5 nitrogen and oxygen atoms in total. The molecule has 27 heavy (non-hydrogen) atoms. The first-order chi connectivity index (χ1) is 13.2. The summed E-state index contributed by atoms with van der Waals surface area (Å²) in [7, 11) is 0. The van der Waals surface area contributed by atoms with Crippen molar-refractivity contribution in [3.05, 3.63) is 82.8 Å². The number of pyridine rings is 1. The van der Waals surface area contributed by atoms with Crippen LogP contribution < -0.4 is 10.9 Å². The third kappa shape index (κ3) is 3.19. The Morgan fingerprint density at radius 2 is 1.63 bits per heavy atom. The van der Waals surface area contributed by atoms with Gasteiger partial charge < -0.3 is 5.32 Å². The Kier molecular flexibility index (Phi) is 4.42. The van der Waals surface area contributed by atoms with Crippen molar-refractivity contribution in [2.24, 2.45) is 0 Å². The molecule has 2 aromatic heterocycles. The zero-order valence-corrected chi connectivity index (χ0v) is 15.3. The number of aromatic nitrogens is 3. The summed E-state index contributed by atoms with van der Waals surface area (Å²) in [5.41, 5.74) is 3.91. The predicted octanol–water partition coefficient (Wildman–Crippen LogP) is 4.53. The molecule has 0 spiro atoms. The number of nitrogens with zero attached hydrogens (tertiary/aromatic N) is 3. The highest BCUT2D eigenvalue weighted by Gasteiger charge is 2.14. The van der Waals surface area contributed by atoms with E-state index < -0.39 is 0 Å². The normalized spacial score (nSPS) is 10.9. The standard InChI is InChI=1S/C22H20N4O/c1-3-26-20-18(14-19(21(26)27)16-10-6-4-7-11-16)15(2)23-22(25-20)24-17-12-8-5-9-13-17/h4-14H,3H2,1-2H3,(H,23,24,25). The second-order valence-electron chi connectivity index (χ2n) is 6.33. The molecule has 0 amide bonds. The SMILES string of the molecule is CCn1c(=O)c(-c2ccccc2)cc2c(C)nc(Nc3ccccc3)nc21. The van der Waals surface area contributed by atoms with Crippen molar-refractivity contribution < 1.29 is 0 Å². The summed E-state index contributed by atoms with van der Waals surface area (Å²) in [6.45, 7) is 4.44. The minimum absolute atomic E-state index is 0.0417. The van der Waals surface area contributed by atoms with Gasteiger partial charge in [0.15, 0.2) is 0 Å². The smallest absolute Gasteiger partial charge is 0.260 e. The molecule has 134 valence electrons. The lowest BCUT2D eigenvalue weighted by atomic mass is 10.1. The second-order valence-corrected chi connectivity index (χ2v) is 6.33. The zero-order valence-electron chi connectivity index (χ0n) is 15.3. The molecule has 0 bridgehead atoms. The van der Waals surface area contributed by atoms with Crippen LogP contribution in [0, 0.1) is 6.92 Å². The average Bonchev–Trinajstić information content (AvgIpc) is 2.69. The van der Waals surface area contributed by atoms with Gasteiger partial charge in [0.2, 0.25) is 5.95 Å². The fraction of sp³-hybridized carbons (Fsp3) is 0.136. The molecule has 0 fully saturated rings. The number of nitrogens with one attached hydrogen (secondary N) is 1. The molecule has 0 aliphatic rings. The van der Waals surface area contributed by atoms with Crippen LogP contribution in [-0.4, -0.2) is 14.5 Å². The monoisotopic (exact) mass is 356 g/mol. The summed E-state index contributed by atoms with van der Waals surface area (Å²) in [5.74, 6) is 0.486. The van der Waals surface area contributed by atoms with Crippen molar-refractivity contribution in [2.75, 3.05) is 5.32 Å². The number of para-hydroxylation sites is 1. The van der Waals surface area contributed by atoms with Crippen molar-refractivity contribution in [1.29, 1.82) is 0 Å². The molecular formula is C22H20N4O. The number of aryl methyl sites for hydroxylation is 2. The highest BCUT2D eigenvalue weighted by Crippen LogP contribution is 2.24. The maximum Gasteiger partial charge on any atom is 0.260 e. The summed E-state index contributed by atoms with van der Waals surface area (Å²) >= 11 is 0. The van der Waals surface area contributed by atoms with Gasteiger partial charge in [-0.05, 0) is 37.6 Å². The zero-order chi connectivity index (χ0) is 18.8. The van der Waals surface area contributed by atoms with Gasteiger partial charge in [-0.1, -0.05) is 48.5 Å². The number of benzene rings is 2. The third-order valence-electron chi connectivity index (χ3n) is 4.57. The molecule has 1 N–H and O–H groups in total. The van der Waals surface area contributed by atoms with E-state index in [0.29, 0.717) is 23.7 Å². The van der Waals surface area contributed by atoms with E-state index in [9.17, 15) is 4.79 Å². The lowest BCUT2D eigenvalue weighted by Gasteiger charge is -2.14. The van der Waals surface area contributed by atoms with Crippen LogP contribution in [0.2, 0.25) is 0 Å². The molecule has 4 rings (SSSR count). The Bertz CT molecular complexity index is 1150. The van der Waals surface area contributed by atoms with E-state index in [0.717, 1.165) is 22.3 Å². The molecule has 2 aromatic carbocycles. The fourth-order valence-corrected chi connectivity index (χ4v) is 3.21. The molecule has 0 atom stereocenters. The largest absolute Gasteiger partial charge is 0.324 e. The van der Waals surface area contributed by atoms with Gasteiger partial charge in [0.25, 0.3) is 5.56 Å². The van der Waals surface area contributed by atoms with E-state index in [2.05, 4.69) is 15.3 Å². The van der Waals surface area contributed by atoms with Crippen LogP contribution in [-0.2, 0) is 6.54 Å². The second kappa shape index (κ2) is 7.03. The van der Waals surface area contributed by atoms with Crippen LogP contribution in [0.5, 0.6) is 0 Å². The summed E-state index contributed by atoms with van der Waals surface area (Å²) in [6.07, 6.45) is 0. The molecule has 0 unspecified atom stereocenters. The van der Waals surface area contributed by atoms with E-state index in [-0.39, 0.29) is 5.56 Å². The third-order valence-corrected chi connectivity index (χ3v) is 4.57. The molecule has 0 aliphatic carbocycles. The van der Waals surface area contributed by atoms with Gasteiger partial charge in [-0.15, -0.1) is 0 Å². The lowest BCUT2D eigenvalue weighted by Crippen LogP contribution is -2.22. The van der Waals surface area contributed by atoms with E-state index in [1.54, 1.807) is 4.57 Å². The van der Waals surface area contributed by atoms with Crippen LogP contribution in [0.15, 0.2) is 71.5 Å². The fourth-order valence-electron chi connectivity index (χ4n) is 3.21. The minimum atomic E-state index is -0.0417. The minimum Gasteiger partial charge on any atom is -0.324 e. The number of hydrogen-bond acceptors (Lipinski definition) is 4. The molecule has 5 heteroatoms. The molecule has 0 radical (unpaired) electrons. The van der Waals surface area contributed by atoms with E-state index >= 15 is 0 Å². The number of hydrogen-bond donors (Lipinski definition) is 1. The topological polar surface area (TPSA) is 59.8 Å².